The second-order valence-corrected chi connectivity index (χ2v) is 24.2. The van der Waals surface area contributed by atoms with Gasteiger partial charge in [-0.25, -0.2) is 0 Å². The lowest BCUT2D eigenvalue weighted by molar-refractivity contribution is -0.155. The summed E-state index contributed by atoms with van der Waals surface area (Å²) in [5, 5.41) is 19.2. The highest BCUT2D eigenvalue weighted by Gasteiger charge is 2.36. The van der Waals surface area contributed by atoms with Crippen LogP contribution < -0.4 is 0 Å². The molecule has 0 bridgehead atoms. The number of unbranched alkanes of at least 4 members (excludes halogenated alkanes) is 53. The summed E-state index contributed by atoms with van der Waals surface area (Å²) in [5.74, 6) is -1.40. The number of rotatable bonds is 59. The van der Waals surface area contributed by atoms with Crippen molar-refractivity contribution in [2.75, 3.05) is 26.4 Å². The van der Waals surface area contributed by atoms with Crippen LogP contribution in [-0.4, -0.2) is 48.6 Å². The first-order valence-electron chi connectivity index (χ1n) is 33.8. The van der Waals surface area contributed by atoms with Gasteiger partial charge in [0.25, 0.3) is 0 Å². The molecule has 74 heavy (non-hydrogen) atoms. The fraction of sp³-hybridized carbons (Fsp3) is 0.941. The number of cyclic esters (lactones) is 2. The van der Waals surface area contributed by atoms with Gasteiger partial charge in [0.15, 0.2) is 0 Å². The molecule has 0 spiro atoms. The molecule has 6 heteroatoms. The highest BCUT2D eigenvalue weighted by atomic mass is 16.6. The lowest BCUT2D eigenvalue weighted by Crippen LogP contribution is -2.40. The topological polar surface area (TPSA) is 93.1 Å². The smallest absolute Gasteiger partial charge is 0.309 e. The number of carbonyl (C=O) groups excluding carboxylic acids is 2. The van der Waals surface area contributed by atoms with Crippen molar-refractivity contribution in [2.45, 2.75) is 373 Å². The van der Waals surface area contributed by atoms with Crippen LogP contribution in [0, 0.1) is 11.3 Å². The molecule has 438 valence electrons. The molecule has 0 aliphatic carbocycles. The minimum absolute atomic E-state index is 0.00458. The molecular weight excluding hydrogens is 913 g/mol. The van der Waals surface area contributed by atoms with E-state index in [9.17, 15) is 19.8 Å². The van der Waals surface area contributed by atoms with Crippen molar-refractivity contribution in [3.63, 3.8) is 0 Å². The van der Waals surface area contributed by atoms with E-state index in [0.717, 1.165) is 19.3 Å². The van der Waals surface area contributed by atoms with Crippen molar-refractivity contribution in [3.8, 4) is 0 Å². The number of hydrogen-bond acceptors (Lipinski definition) is 6. The first kappa shape index (κ1) is 70.6. The predicted molar refractivity (Wildman–Crippen MR) is 320 cm³/mol. The third kappa shape index (κ3) is 48.9. The molecule has 1 rings (SSSR count). The average molecular weight is 1040 g/mol. The SMILES string of the molecule is CCCCCCCCCCCCCCCCCCCCCCCCCCCCC/C=C/CCCCCCCCCCCCCCCCCCCCCCCCCCCCC1CC(=O)OCC(CO)(CO)COC1=O. The normalized spacial score (nSPS) is 15.1. The number of esters is 2. The minimum atomic E-state index is -1.12. The van der Waals surface area contributed by atoms with Gasteiger partial charge in [-0.1, -0.05) is 347 Å². The number of ether oxygens (including phenoxy) is 2. The summed E-state index contributed by atoms with van der Waals surface area (Å²) in [6, 6.07) is 0. The van der Waals surface area contributed by atoms with Crippen molar-refractivity contribution in [3.05, 3.63) is 12.2 Å². The van der Waals surface area contributed by atoms with E-state index in [-0.39, 0.29) is 19.6 Å². The summed E-state index contributed by atoms with van der Waals surface area (Å²) < 4.78 is 10.6. The Morgan fingerprint density at radius 1 is 0.351 bits per heavy atom. The number of hydrogen-bond donors (Lipinski definition) is 2. The molecule has 1 aliphatic heterocycles. The lowest BCUT2D eigenvalue weighted by Gasteiger charge is -2.27. The van der Waals surface area contributed by atoms with Crippen LogP contribution >= 0.6 is 0 Å². The predicted octanol–water partition coefficient (Wildman–Crippen LogP) is 21.5. The highest BCUT2D eigenvalue weighted by Crippen LogP contribution is 2.25. The Labute approximate surface area is 462 Å². The maximum Gasteiger partial charge on any atom is 0.309 e. The number of aliphatic hydroxyl groups excluding tert-OH is 2. The van der Waals surface area contributed by atoms with Crippen LogP contribution in [0.5, 0.6) is 0 Å². The standard InChI is InChI=1S/C68H130O6/c1-2-3-4-5-6-7-8-9-10-11-12-13-14-15-16-17-18-19-20-21-22-23-24-25-26-27-28-29-30-31-32-33-34-35-36-37-38-39-40-41-42-43-44-45-46-47-48-49-50-51-52-53-54-55-56-57-58-59-65-60-66(71)73-63-68(61-69,62-70)64-74-67(65)72/h30-31,65,69-70H,2-29,32-64H2,1H3/b31-30+. The molecule has 1 fully saturated rings. The number of allylic oxidation sites excluding steroid dienone is 2. The first-order chi connectivity index (χ1) is 36.6. The van der Waals surface area contributed by atoms with Gasteiger partial charge in [-0.15, -0.1) is 0 Å². The third-order valence-corrected chi connectivity index (χ3v) is 16.8. The van der Waals surface area contributed by atoms with Gasteiger partial charge < -0.3 is 19.7 Å². The third-order valence-electron chi connectivity index (χ3n) is 16.8. The van der Waals surface area contributed by atoms with Gasteiger partial charge in [0.2, 0.25) is 0 Å². The van der Waals surface area contributed by atoms with Gasteiger partial charge >= 0.3 is 11.9 Å². The maximum atomic E-state index is 12.6. The summed E-state index contributed by atoms with van der Waals surface area (Å²) in [4.78, 5) is 24.8. The molecule has 0 radical (unpaired) electrons. The van der Waals surface area contributed by atoms with Crippen molar-refractivity contribution < 1.29 is 29.3 Å². The molecule has 0 aromatic rings. The van der Waals surface area contributed by atoms with E-state index < -0.39 is 36.5 Å². The van der Waals surface area contributed by atoms with Crippen molar-refractivity contribution in [1.29, 1.82) is 0 Å². The van der Waals surface area contributed by atoms with Gasteiger partial charge in [-0.2, -0.15) is 0 Å². The zero-order valence-corrected chi connectivity index (χ0v) is 49.9. The molecule has 1 unspecified atom stereocenters. The van der Waals surface area contributed by atoms with E-state index in [1.165, 1.54) is 334 Å². The molecule has 1 atom stereocenters. The minimum Gasteiger partial charge on any atom is -0.465 e. The highest BCUT2D eigenvalue weighted by molar-refractivity contribution is 5.80. The van der Waals surface area contributed by atoms with Crippen molar-refractivity contribution in [2.24, 2.45) is 11.3 Å². The molecule has 0 saturated carbocycles. The van der Waals surface area contributed by atoms with E-state index in [1.54, 1.807) is 0 Å². The summed E-state index contributed by atoms with van der Waals surface area (Å²) in [6.07, 6.45) is 83.1. The molecule has 1 heterocycles. The van der Waals surface area contributed by atoms with Crippen LogP contribution in [0.3, 0.4) is 0 Å². The van der Waals surface area contributed by atoms with E-state index >= 15 is 0 Å². The summed E-state index contributed by atoms with van der Waals surface area (Å²) in [6.45, 7) is 1.21. The van der Waals surface area contributed by atoms with Crippen LogP contribution in [0.4, 0.5) is 0 Å². The van der Waals surface area contributed by atoms with Gasteiger partial charge in [-0.05, 0) is 32.1 Å². The lowest BCUT2D eigenvalue weighted by atomic mass is 9.92. The van der Waals surface area contributed by atoms with E-state index in [1.807, 2.05) is 0 Å². The fourth-order valence-corrected chi connectivity index (χ4v) is 11.3. The second kappa shape index (κ2) is 57.8. The zero-order chi connectivity index (χ0) is 53.2. The van der Waals surface area contributed by atoms with E-state index in [0.29, 0.717) is 6.42 Å². The Balaban J connectivity index is 1.67. The van der Waals surface area contributed by atoms with E-state index in [2.05, 4.69) is 19.1 Å². The Bertz CT molecular complexity index is 1160. The molecule has 1 aliphatic rings. The Morgan fingerprint density at radius 3 is 0.838 bits per heavy atom. The maximum absolute atomic E-state index is 12.6. The van der Waals surface area contributed by atoms with E-state index in [4.69, 9.17) is 9.47 Å². The molecule has 2 N–H and O–H groups in total. The molecule has 0 aromatic carbocycles. The number of aliphatic hydroxyl groups is 2. The van der Waals surface area contributed by atoms with Gasteiger partial charge in [0.05, 0.1) is 31.0 Å². The molecule has 0 amide bonds. The summed E-state index contributed by atoms with van der Waals surface area (Å²) >= 11 is 0. The molecule has 6 nitrogen and oxygen atoms in total. The molecular formula is C68H130O6. The zero-order valence-electron chi connectivity index (χ0n) is 49.9. The quantitative estimate of drug-likeness (QED) is 0.0358. The van der Waals surface area contributed by atoms with Gasteiger partial charge in [0.1, 0.15) is 13.2 Å². The Hall–Kier alpha value is -1.40. The monoisotopic (exact) mass is 1040 g/mol. The Kier molecular flexibility index (Phi) is 55.1. The van der Waals surface area contributed by atoms with Crippen LogP contribution in [0.15, 0.2) is 12.2 Å². The van der Waals surface area contributed by atoms with Crippen molar-refractivity contribution >= 4 is 11.9 Å². The molecule has 1 saturated heterocycles. The number of carbonyl (C=O) groups is 2. The first-order valence-corrected chi connectivity index (χ1v) is 33.8. The summed E-state index contributed by atoms with van der Waals surface area (Å²) in [5.41, 5.74) is -1.12. The van der Waals surface area contributed by atoms with Gasteiger partial charge in [0, 0.05) is 0 Å². The van der Waals surface area contributed by atoms with Crippen LogP contribution in [0.1, 0.15) is 373 Å². The fourth-order valence-electron chi connectivity index (χ4n) is 11.3. The van der Waals surface area contributed by atoms with Crippen molar-refractivity contribution in [1.82, 2.24) is 0 Å². The second-order valence-electron chi connectivity index (χ2n) is 24.2. The average Bonchev–Trinajstić information content (AvgIpc) is 3.47. The van der Waals surface area contributed by atoms with Crippen LogP contribution in [0.2, 0.25) is 0 Å². The van der Waals surface area contributed by atoms with Gasteiger partial charge in [-0.3, -0.25) is 9.59 Å². The largest absolute Gasteiger partial charge is 0.465 e. The Morgan fingerprint density at radius 2 is 0.581 bits per heavy atom. The molecule has 0 aromatic heterocycles. The summed E-state index contributed by atoms with van der Waals surface area (Å²) in [7, 11) is 0. The van der Waals surface area contributed by atoms with Crippen LogP contribution in [0.25, 0.3) is 0 Å². The van der Waals surface area contributed by atoms with Crippen LogP contribution in [-0.2, 0) is 19.1 Å².